The van der Waals surface area contributed by atoms with Crippen molar-refractivity contribution in [3.8, 4) is 0 Å². The molecule has 0 unspecified atom stereocenters. The topological polar surface area (TPSA) is 43.1 Å². The van der Waals surface area contributed by atoms with Crippen LogP contribution in [0, 0.1) is 0 Å². The van der Waals surface area contributed by atoms with E-state index in [2.05, 4.69) is 6.58 Å². The molecule has 0 heterocycles. The molecule has 0 aromatic heterocycles. The Morgan fingerprint density at radius 3 is 2.07 bits per heavy atom. The van der Waals surface area contributed by atoms with Gasteiger partial charge in [0.05, 0.1) is 0 Å². The van der Waals surface area contributed by atoms with Gasteiger partial charge < -0.3 is 5.73 Å². The van der Waals surface area contributed by atoms with Gasteiger partial charge in [-0.2, -0.15) is 0 Å². The van der Waals surface area contributed by atoms with Gasteiger partial charge in [-0.25, -0.2) is 0 Å². The minimum Gasteiger partial charge on any atom is -0.330 e. The second kappa shape index (κ2) is 8.95. The third-order valence-corrected chi connectivity index (χ3v) is 2.33. The number of nitrogens with two attached hydrogens (primary N) is 1. The van der Waals surface area contributed by atoms with Gasteiger partial charge in [-0.05, 0) is 31.9 Å². The van der Waals surface area contributed by atoms with Gasteiger partial charge in [0.1, 0.15) is 0 Å². The van der Waals surface area contributed by atoms with E-state index in [9.17, 15) is 4.79 Å². The summed E-state index contributed by atoms with van der Waals surface area (Å²) in [6.07, 6.45) is 7.67. The second-order valence-electron chi connectivity index (χ2n) is 3.86. The standard InChI is InChI=1S/C12H23NO/c1-11(2)12(14)9-7-5-3-4-6-8-10-13/h1,3-10,13H2,2H3. The molecular weight excluding hydrogens is 174 g/mol. The molecule has 2 nitrogen and oxygen atoms in total. The number of hydrogen-bond donors (Lipinski definition) is 1. The quantitative estimate of drug-likeness (QED) is 0.456. The normalized spacial score (nSPS) is 10.1. The molecule has 0 radical (unpaired) electrons. The fourth-order valence-corrected chi connectivity index (χ4v) is 1.35. The number of hydrogen-bond acceptors (Lipinski definition) is 2. The van der Waals surface area contributed by atoms with Crippen molar-refractivity contribution in [3.05, 3.63) is 12.2 Å². The first kappa shape index (κ1) is 13.4. The van der Waals surface area contributed by atoms with E-state index in [0.717, 1.165) is 25.8 Å². The molecule has 0 spiro atoms. The zero-order valence-electron chi connectivity index (χ0n) is 9.35. The summed E-state index contributed by atoms with van der Waals surface area (Å²) in [5.74, 6) is 0.215. The van der Waals surface area contributed by atoms with Gasteiger partial charge in [0.25, 0.3) is 0 Å². The molecule has 0 fully saturated rings. The summed E-state index contributed by atoms with van der Waals surface area (Å²) >= 11 is 0. The van der Waals surface area contributed by atoms with Crippen LogP contribution in [0.15, 0.2) is 12.2 Å². The molecule has 0 bridgehead atoms. The van der Waals surface area contributed by atoms with Crippen LogP contribution in [0.25, 0.3) is 0 Å². The lowest BCUT2D eigenvalue weighted by Gasteiger charge is -2.00. The van der Waals surface area contributed by atoms with E-state index >= 15 is 0 Å². The molecular formula is C12H23NO. The van der Waals surface area contributed by atoms with E-state index < -0.39 is 0 Å². The Morgan fingerprint density at radius 1 is 1.07 bits per heavy atom. The highest BCUT2D eigenvalue weighted by atomic mass is 16.1. The summed E-state index contributed by atoms with van der Waals surface area (Å²) in [6, 6.07) is 0. The van der Waals surface area contributed by atoms with Gasteiger partial charge >= 0.3 is 0 Å². The number of allylic oxidation sites excluding steroid dienone is 1. The van der Waals surface area contributed by atoms with E-state index in [1.54, 1.807) is 6.92 Å². The van der Waals surface area contributed by atoms with E-state index in [4.69, 9.17) is 5.73 Å². The number of ketones is 1. The lowest BCUT2D eigenvalue weighted by Crippen LogP contribution is -1.98. The molecule has 14 heavy (non-hydrogen) atoms. The van der Waals surface area contributed by atoms with Gasteiger partial charge in [-0.3, -0.25) is 4.79 Å². The maximum absolute atomic E-state index is 11.2. The Kier molecular flexibility index (Phi) is 8.54. The lowest BCUT2D eigenvalue weighted by atomic mass is 10.1. The van der Waals surface area contributed by atoms with Gasteiger partial charge in [0.2, 0.25) is 0 Å². The average Bonchev–Trinajstić information content (AvgIpc) is 2.16. The van der Waals surface area contributed by atoms with E-state index in [-0.39, 0.29) is 5.78 Å². The van der Waals surface area contributed by atoms with E-state index in [1.165, 1.54) is 19.3 Å². The molecule has 0 aliphatic heterocycles. The number of unbranched alkanes of at least 4 members (excludes halogenated alkanes) is 5. The summed E-state index contributed by atoms with van der Waals surface area (Å²) in [5, 5.41) is 0. The summed E-state index contributed by atoms with van der Waals surface area (Å²) in [4.78, 5) is 11.2. The molecule has 82 valence electrons. The second-order valence-corrected chi connectivity index (χ2v) is 3.86. The zero-order valence-corrected chi connectivity index (χ0v) is 9.35. The molecule has 0 aliphatic rings. The number of carbonyl (C=O) groups is 1. The summed E-state index contributed by atoms with van der Waals surface area (Å²) < 4.78 is 0. The fourth-order valence-electron chi connectivity index (χ4n) is 1.35. The third kappa shape index (κ3) is 7.99. The summed E-state index contributed by atoms with van der Waals surface area (Å²) in [7, 11) is 0. The Balaban J connectivity index is 3.13. The summed E-state index contributed by atoms with van der Waals surface area (Å²) in [5.41, 5.74) is 6.08. The minimum atomic E-state index is 0.215. The molecule has 0 aliphatic carbocycles. The highest BCUT2D eigenvalue weighted by molar-refractivity contribution is 5.93. The lowest BCUT2D eigenvalue weighted by molar-refractivity contribution is -0.115. The molecule has 0 atom stereocenters. The molecule has 2 N–H and O–H groups in total. The predicted octanol–water partition coefficient (Wildman–Crippen LogP) is 2.82. The molecule has 0 aromatic carbocycles. The average molecular weight is 197 g/mol. The Hall–Kier alpha value is -0.630. The van der Waals surface area contributed by atoms with Gasteiger partial charge in [-0.1, -0.05) is 32.3 Å². The Morgan fingerprint density at radius 2 is 1.57 bits per heavy atom. The van der Waals surface area contributed by atoms with Crippen LogP contribution in [0.2, 0.25) is 0 Å². The van der Waals surface area contributed by atoms with E-state index in [0.29, 0.717) is 12.0 Å². The van der Waals surface area contributed by atoms with Gasteiger partial charge in [0.15, 0.2) is 5.78 Å². The van der Waals surface area contributed by atoms with Crippen molar-refractivity contribution in [2.75, 3.05) is 6.54 Å². The van der Waals surface area contributed by atoms with Crippen LogP contribution < -0.4 is 5.73 Å². The van der Waals surface area contributed by atoms with Crippen LogP contribution >= 0.6 is 0 Å². The first-order valence-electron chi connectivity index (χ1n) is 5.57. The molecule has 0 saturated carbocycles. The fraction of sp³-hybridized carbons (Fsp3) is 0.750. The van der Waals surface area contributed by atoms with Crippen molar-refractivity contribution < 1.29 is 4.79 Å². The van der Waals surface area contributed by atoms with Crippen LogP contribution in [-0.2, 0) is 4.79 Å². The Bertz CT molecular complexity index is 175. The highest BCUT2D eigenvalue weighted by Gasteiger charge is 2.00. The van der Waals surface area contributed by atoms with Crippen LogP contribution in [0.5, 0.6) is 0 Å². The van der Waals surface area contributed by atoms with Crippen LogP contribution in [-0.4, -0.2) is 12.3 Å². The van der Waals surface area contributed by atoms with Crippen molar-refractivity contribution >= 4 is 5.78 Å². The number of carbonyl (C=O) groups excluding carboxylic acids is 1. The highest BCUT2D eigenvalue weighted by Crippen LogP contribution is 2.08. The van der Waals surface area contributed by atoms with Crippen LogP contribution in [0.3, 0.4) is 0 Å². The van der Waals surface area contributed by atoms with Gasteiger partial charge in [0, 0.05) is 6.42 Å². The van der Waals surface area contributed by atoms with Crippen molar-refractivity contribution in [1.29, 1.82) is 0 Å². The van der Waals surface area contributed by atoms with Crippen LogP contribution in [0.4, 0.5) is 0 Å². The Labute approximate surface area is 87.6 Å². The van der Waals surface area contributed by atoms with Crippen LogP contribution in [0.1, 0.15) is 51.9 Å². The smallest absolute Gasteiger partial charge is 0.157 e. The number of rotatable bonds is 9. The monoisotopic (exact) mass is 197 g/mol. The maximum atomic E-state index is 11.2. The molecule has 0 amide bonds. The molecule has 0 saturated heterocycles. The van der Waals surface area contributed by atoms with Gasteiger partial charge in [-0.15, -0.1) is 0 Å². The molecule has 0 aromatic rings. The first-order chi connectivity index (χ1) is 6.68. The third-order valence-electron chi connectivity index (χ3n) is 2.33. The minimum absolute atomic E-state index is 0.215. The van der Waals surface area contributed by atoms with Crippen molar-refractivity contribution in [2.45, 2.75) is 51.9 Å². The largest absolute Gasteiger partial charge is 0.330 e. The predicted molar refractivity (Wildman–Crippen MR) is 61.2 cm³/mol. The summed E-state index contributed by atoms with van der Waals surface area (Å²) in [6.45, 7) is 6.21. The first-order valence-corrected chi connectivity index (χ1v) is 5.57. The van der Waals surface area contributed by atoms with Crippen molar-refractivity contribution in [1.82, 2.24) is 0 Å². The van der Waals surface area contributed by atoms with E-state index in [1.807, 2.05) is 0 Å². The zero-order chi connectivity index (χ0) is 10.8. The maximum Gasteiger partial charge on any atom is 0.157 e. The van der Waals surface area contributed by atoms with Crippen molar-refractivity contribution in [3.63, 3.8) is 0 Å². The van der Waals surface area contributed by atoms with Crippen molar-refractivity contribution in [2.24, 2.45) is 5.73 Å². The molecule has 0 rings (SSSR count). The molecule has 2 heteroatoms. The SMILES string of the molecule is C=C(C)C(=O)CCCCCCCCN. The number of Topliss-reactive ketones (excluding diaryl/α,β-unsaturated/α-hetero) is 1.